The highest BCUT2D eigenvalue weighted by Gasteiger charge is 2.36. The lowest BCUT2D eigenvalue weighted by Gasteiger charge is -2.33. The maximum absolute atomic E-state index is 13.2. The van der Waals surface area contributed by atoms with Crippen molar-refractivity contribution in [3.05, 3.63) is 33.4 Å². The molecule has 1 saturated carbocycles. The normalized spacial score (nSPS) is 22.5. The third kappa shape index (κ3) is 3.66. The molecule has 2 fully saturated rings. The Bertz CT molecular complexity index is 1080. The average molecular weight is 426 g/mol. The van der Waals surface area contributed by atoms with Crippen LogP contribution in [0.3, 0.4) is 0 Å². The summed E-state index contributed by atoms with van der Waals surface area (Å²) in [6.07, 6.45) is 5.35. The highest BCUT2D eigenvalue weighted by atomic mass is 16.2. The van der Waals surface area contributed by atoms with Crippen LogP contribution in [0.2, 0.25) is 0 Å². The number of hydrogen-bond acceptors (Lipinski definition) is 4. The number of aromatic amines is 1. The van der Waals surface area contributed by atoms with Crippen LogP contribution in [0.15, 0.2) is 10.9 Å². The topological polar surface area (TPSA) is 90.8 Å². The summed E-state index contributed by atoms with van der Waals surface area (Å²) in [7, 11) is 0. The summed E-state index contributed by atoms with van der Waals surface area (Å²) >= 11 is 0. The molecule has 0 aromatic carbocycles. The summed E-state index contributed by atoms with van der Waals surface area (Å²) in [5, 5.41) is 3.27. The highest BCUT2D eigenvalue weighted by Crippen LogP contribution is 2.32. The minimum atomic E-state index is -0.108. The van der Waals surface area contributed by atoms with Crippen molar-refractivity contribution in [3.63, 3.8) is 0 Å². The van der Waals surface area contributed by atoms with Crippen LogP contribution in [0.1, 0.15) is 68.8 Å². The quantitative estimate of drug-likeness (QED) is 0.812. The van der Waals surface area contributed by atoms with E-state index in [1.54, 1.807) is 0 Å². The van der Waals surface area contributed by atoms with Crippen LogP contribution in [-0.2, 0) is 22.6 Å². The van der Waals surface area contributed by atoms with Crippen molar-refractivity contribution in [2.24, 2.45) is 11.8 Å². The van der Waals surface area contributed by atoms with Gasteiger partial charge in [0.15, 0.2) is 5.65 Å². The summed E-state index contributed by atoms with van der Waals surface area (Å²) in [5.74, 6) is 0.766. The molecular weight excluding hydrogens is 394 g/mol. The first kappa shape index (κ1) is 20.3. The lowest BCUT2D eigenvalue weighted by Crippen LogP contribution is -2.41. The van der Waals surface area contributed by atoms with Crippen LogP contribution in [-0.4, -0.2) is 55.8 Å². The summed E-state index contributed by atoms with van der Waals surface area (Å²) in [5.41, 5.74) is 2.92. The zero-order valence-electron chi connectivity index (χ0n) is 18.4. The number of nitrogens with zero attached hydrogens (tertiary/aromatic N) is 4. The number of nitrogens with one attached hydrogen (secondary N) is 1. The SMILES string of the molecule is CC[C@@H](C)C(=O)N1CCC[C@@H](c2cc3nc4c(c(=O)n3[nH]2)CN(C(=O)C2CC2)CC4)C1. The molecule has 2 aliphatic heterocycles. The second kappa shape index (κ2) is 7.80. The maximum atomic E-state index is 13.2. The maximum Gasteiger partial charge on any atom is 0.277 e. The van der Waals surface area contributed by atoms with Crippen molar-refractivity contribution in [3.8, 4) is 0 Å². The zero-order chi connectivity index (χ0) is 21.7. The van der Waals surface area contributed by atoms with Crippen LogP contribution in [0.25, 0.3) is 5.65 Å². The van der Waals surface area contributed by atoms with Crippen molar-refractivity contribution >= 4 is 17.5 Å². The number of fused-ring (bicyclic) bond motifs is 2. The lowest BCUT2D eigenvalue weighted by molar-refractivity contribution is -0.136. The van der Waals surface area contributed by atoms with Gasteiger partial charge < -0.3 is 9.80 Å². The first-order valence-electron chi connectivity index (χ1n) is 11.7. The standard InChI is InChI=1S/C23H31N5O3/c1-3-14(2)21(29)26-9-4-5-16(12-26)19-11-20-24-18-8-10-27(22(30)15-6-7-15)13-17(18)23(31)28(20)25-19/h11,14-16,25H,3-10,12-13H2,1-2H3/t14-,16-/m1/s1. The third-order valence-corrected chi connectivity index (χ3v) is 7.23. The number of carbonyl (C=O) groups is 2. The molecule has 2 atom stereocenters. The van der Waals surface area contributed by atoms with Gasteiger partial charge in [0.05, 0.1) is 17.8 Å². The van der Waals surface area contributed by atoms with E-state index in [0.717, 1.165) is 50.0 Å². The first-order valence-corrected chi connectivity index (χ1v) is 11.7. The number of likely N-dealkylation sites (tertiary alicyclic amines) is 1. The Morgan fingerprint density at radius 1 is 1.23 bits per heavy atom. The fourth-order valence-corrected chi connectivity index (χ4v) is 4.90. The van der Waals surface area contributed by atoms with Crippen LogP contribution >= 0.6 is 0 Å². The molecule has 3 aliphatic rings. The van der Waals surface area contributed by atoms with Crippen LogP contribution in [0, 0.1) is 11.8 Å². The molecule has 166 valence electrons. The Morgan fingerprint density at radius 2 is 2.03 bits per heavy atom. The number of hydrogen-bond donors (Lipinski definition) is 1. The van der Waals surface area contributed by atoms with E-state index in [1.807, 2.05) is 29.7 Å². The highest BCUT2D eigenvalue weighted by molar-refractivity contribution is 5.81. The zero-order valence-corrected chi connectivity index (χ0v) is 18.4. The lowest BCUT2D eigenvalue weighted by atomic mass is 9.93. The van der Waals surface area contributed by atoms with Gasteiger partial charge in [0, 0.05) is 55.6 Å². The summed E-state index contributed by atoms with van der Waals surface area (Å²) in [4.78, 5) is 46.9. The molecule has 1 saturated heterocycles. The predicted molar refractivity (Wildman–Crippen MR) is 116 cm³/mol. The van der Waals surface area contributed by atoms with Gasteiger partial charge in [-0.15, -0.1) is 0 Å². The van der Waals surface area contributed by atoms with Gasteiger partial charge >= 0.3 is 0 Å². The number of amides is 2. The van der Waals surface area contributed by atoms with Gasteiger partial charge in [-0.3, -0.25) is 19.5 Å². The van der Waals surface area contributed by atoms with E-state index in [2.05, 4.69) is 5.10 Å². The summed E-state index contributed by atoms with van der Waals surface area (Å²) in [6.45, 7) is 6.50. The van der Waals surface area contributed by atoms with Gasteiger partial charge in [0.25, 0.3) is 5.56 Å². The Balaban J connectivity index is 1.40. The first-order chi connectivity index (χ1) is 15.0. The van der Waals surface area contributed by atoms with Gasteiger partial charge in [-0.2, -0.15) is 0 Å². The van der Waals surface area contributed by atoms with E-state index in [9.17, 15) is 14.4 Å². The van der Waals surface area contributed by atoms with E-state index in [-0.39, 0.29) is 35.1 Å². The van der Waals surface area contributed by atoms with Crippen LogP contribution < -0.4 is 5.56 Å². The van der Waals surface area contributed by atoms with E-state index >= 15 is 0 Å². The molecule has 1 N–H and O–H groups in total. The fourth-order valence-electron chi connectivity index (χ4n) is 4.90. The minimum Gasteiger partial charge on any atom is -0.342 e. The average Bonchev–Trinajstić information content (AvgIpc) is 3.56. The largest absolute Gasteiger partial charge is 0.342 e. The van der Waals surface area contributed by atoms with Gasteiger partial charge in [0.1, 0.15) is 0 Å². The fraction of sp³-hybridized carbons (Fsp3) is 0.652. The number of H-pyrrole nitrogens is 1. The summed E-state index contributed by atoms with van der Waals surface area (Å²) < 4.78 is 1.52. The third-order valence-electron chi connectivity index (χ3n) is 7.23. The van der Waals surface area contributed by atoms with Crippen LogP contribution in [0.4, 0.5) is 0 Å². The van der Waals surface area contributed by atoms with Gasteiger partial charge in [-0.25, -0.2) is 9.50 Å². The Labute approximate surface area is 181 Å². The Hall–Kier alpha value is -2.64. The number of rotatable bonds is 4. The van der Waals surface area contributed by atoms with Crippen molar-refractivity contribution in [2.45, 2.75) is 64.8 Å². The molecule has 8 heteroatoms. The monoisotopic (exact) mass is 425 g/mol. The van der Waals surface area contributed by atoms with Gasteiger partial charge in [-0.05, 0) is 32.1 Å². The van der Waals surface area contributed by atoms with Crippen molar-refractivity contribution in [1.29, 1.82) is 0 Å². The molecule has 0 unspecified atom stereocenters. The van der Waals surface area contributed by atoms with Crippen LogP contribution in [0.5, 0.6) is 0 Å². The van der Waals surface area contributed by atoms with Gasteiger partial charge in [0.2, 0.25) is 11.8 Å². The molecule has 31 heavy (non-hydrogen) atoms. The van der Waals surface area contributed by atoms with Crippen molar-refractivity contribution in [1.82, 2.24) is 24.4 Å². The second-order valence-corrected chi connectivity index (χ2v) is 9.46. The van der Waals surface area contributed by atoms with E-state index in [0.29, 0.717) is 37.3 Å². The molecule has 1 aliphatic carbocycles. The molecular formula is C23H31N5O3. The van der Waals surface area contributed by atoms with E-state index in [4.69, 9.17) is 4.98 Å². The summed E-state index contributed by atoms with van der Waals surface area (Å²) in [6, 6.07) is 1.96. The smallest absolute Gasteiger partial charge is 0.277 e. The molecule has 2 aromatic rings. The molecule has 0 bridgehead atoms. The number of carbonyl (C=O) groups excluding carboxylic acids is 2. The molecule has 5 rings (SSSR count). The minimum absolute atomic E-state index is 0.0405. The number of piperidine rings is 1. The van der Waals surface area contributed by atoms with E-state index < -0.39 is 0 Å². The number of aromatic nitrogens is 3. The molecule has 4 heterocycles. The second-order valence-electron chi connectivity index (χ2n) is 9.46. The Morgan fingerprint density at radius 3 is 2.77 bits per heavy atom. The van der Waals surface area contributed by atoms with Gasteiger partial charge in [-0.1, -0.05) is 13.8 Å². The van der Waals surface area contributed by atoms with E-state index in [1.165, 1.54) is 4.52 Å². The van der Waals surface area contributed by atoms with Crippen molar-refractivity contribution in [2.75, 3.05) is 19.6 Å². The van der Waals surface area contributed by atoms with Crippen molar-refractivity contribution < 1.29 is 9.59 Å². The molecule has 2 amide bonds. The Kier molecular flexibility index (Phi) is 5.10. The molecule has 0 spiro atoms. The molecule has 0 radical (unpaired) electrons. The molecule has 8 nitrogen and oxygen atoms in total. The predicted octanol–water partition coefficient (Wildman–Crippen LogP) is 2.07. The molecule has 2 aromatic heterocycles.